The second-order valence-corrected chi connectivity index (χ2v) is 8.67. The van der Waals surface area contributed by atoms with Crippen molar-refractivity contribution in [2.75, 3.05) is 5.73 Å². The van der Waals surface area contributed by atoms with E-state index in [1.807, 2.05) is 30.3 Å². The first-order valence-corrected chi connectivity index (χ1v) is 10.6. The molecule has 1 aliphatic carbocycles. The summed E-state index contributed by atoms with van der Waals surface area (Å²) in [5.74, 6) is -0.360. The van der Waals surface area contributed by atoms with Gasteiger partial charge < -0.3 is 27.0 Å². The molecule has 0 bridgehead atoms. The van der Waals surface area contributed by atoms with Crippen molar-refractivity contribution in [2.24, 2.45) is 11.5 Å². The number of benzene rings is 3. The average molecular weight is 446 g/mol. The van der Waals surface area contributed by atoms with E-state index < -0.39 is 23.3 Å². The summed E-state index contributed by atoms with van der Waals surface area (Å²) in [7, 11) is 0. The second kappa shape index (κ2) is 7.16. The van der Waals surface area contributed by atoms with E-state index in [9.17, 15) is 14.7 Å². The van der Waals surface area contributed by atoms with Crippen LogP contribution in [0.3, 0.4) is 0 Å². The maximum absolute atomic E-state index is 13.5. The van der Waals surface area contributed by atoms with Crippen LogP contribution in [0.1, 0.15) is 32.4 Å². The lowest BCUT2D eigenvalue weighted by molar-refractivity contribution is -0.124. The Morgan fingerprint density at radius 1 is 1.00 bits per heavy atom. The molecule has 7 nitrogen and oxygen atoms in total. The smallest absolute Gasteiger partial charge is 0.346 e. The molecule has 0 spiro atoms. The van der Waals surface area contributed by atoms with E-state index >= 15 is 0 Å². The van der Waals surface area contributed by atoms with Crippen LogP contribution in [-0.2, 0) is 10.3 Å². The van der Waals surface area contributed by atoms with Crippen LogP contribution in [0.15, 0.2) is 66.7 Å². The molecular weight excluding hydrogens is 426 g/mol. The zero-order valence-corrected chi connectivity index (χ0v) is 17.6. The lowest BCUT2D eigenvalue weighted by atomic mass is 9.70. The Balaban J connectivity index is 1.66. The molecule has 2 unspecified atom stereocenters. The van der Waals surface area contributed by atoms with Crippen molar-refractivity contribution in [1.29, 1.82) is 0 Å². The number of ketones is 1. The number of Topliss-reactive ketones (excluding diaryl/α,β-unsaturated/α-hetero) is 1. The average Bonchev–Trinajstić information content (AvgIpc) is 3.20. The maximum Gasteiger partial charge on any atom is 0.346 e. The van der Waals surface area contributed by atoms with Crippen LogP contribution in [-0.4, -0.2) is 16.9 Å². The number of carboxylic acids is 1. The predicted molar refractivity (Wildman–Crippen MR) is 123 cm³/mol. The second-order valence-electron chi connectivity index (χ2n) is 7.65. The maximum atomic E-state index is 13.5. The molecule has 0 amide bonds. The molecule has 7 N–H and O–H groups in total. The highest BCUT2D eigenvalue weighted by Gasteiger charge is 2.48. The standard InChI is InChI=1S/C24H19N3O4S/c25-16-11-10-15-17-18(21(23(29)30)32-20(16)17)19(26)22(28)24(15,27)12-6-8-14(9-7-12)31-13-4-2-1-3-5-13/h1-11,19H,25-27H2,(H,29,30). The van der Waals surface area contributed by atoms with E-state index in [2.05, 4.69) is 0 Å². The first-order valence-electron chi connectivity index (χ1n) is 9.83. The molecule has 160 valence electrons. The third-order valence-corrected chi connectivity index (χ3v) is 7.04. The minimum absolute atomic E-state index is 0.00802. The predicted octanol–water partition coefficient (Wildman–Crippen LogP) is 3.76. The first kappa shape index (κ1) is 20.2. The minimum Gasteiger partial charge on any atom is -0.477 e. The van der Waals surface area contributed by atoms with Gasteiger partial charge >= 0.3 is 5.97 Å². The Kier molecular flexibility index (Phi) is 4.52. The molecule has 32 heavy (non-hydrogen) atoms. The number of hydrogen-bond acceptors (Lipinski definition) is 7. The Hall–Kier alpha value is -3.72. The number of carbonyl (C=O) groups is 2. The van der Waals surface area contributed by atoms with Crippen molar-refractivity contribution < 1.29 is 19.4 Å². The largest absolute Gasteiger partial charge is 0.477 e. The Labute approximate surface area is 187 Å². The number of nitrogens with two attached hydrogens (primary N) is 3. The van der Waals surface area contributed by atoms with E-state index in [-0.39, 0.29) is 10.4 Å². The minimum atomic E-state index is -1.56. The molecule has 1 heterocycles. The van der Waals surface area contributed by atoms with Crippen LogP contribution in [0.2, 0.25) is 0 Å². The number of thiophene rings is 1. The van der Waals surface area contributed by atoms with Crippen molar-refractivity contribution in [2.45, 2.75) is 11.6 Å². The fourth-order valence-corrected chi connectivity index (χ4v) is 5.39. The highest BCUT2D eigenvalue weighted by Crippen LogP contribution is 2.49. The number of aromatic carboxylic acids is 1. The van der Waals surface area contributed by atoms with Gasteiger partial charge in [-0.25, -0.2) is 4.79 Å². The van der Waals surface area contributed by atoms with Crippen LogP contribution in [0.25, 0.3) is 10.1 Å². The molecule has 1 aromatic heterocycles. The van der Waals surface area contributed by atoms with Crippen molar-refractivity contribution in [3.8, 4) is 11.5 Å². The van der Waals surface area contributed by atoms with Gasteiger partial charge in [-0.3, -0.25) is 4.79 Å². The summed E-state index contributed by atoms with van der Waals surface area (Å²) in [6.07, 6.45) is 0. The number of ether oxygens (including phenoxy) is 1. The van der Waals surface area contributed by atoms with Crippen molar-refractivity contribution in [1.82, 2.24) is 0 Å². The lowest BCUT2D eigenvalue weighted by Crippen LogP contribution is -2.52. The number of anilines is 1. The van der Waals surface area contributed by atoms with E-state index in [4.69, 9.17) is 21.9 Å². The van der Waals surface area contributed by atoms with E-state index in [1.165, 1.54) is 0 Å². The summed E-state index contributed by atoms with van der Waals surface area (Å²) in [5, 5.41) is 10.2. The number of nitrogen functional groups attached to an aromatic ring is 1. The highest BCUT2D eigenvalue weighted by molar-refractivity contribution is 7.21. The molecular formula is C24H19N3O4S. The topological polar surface area (TPSA) is 142 Å². The molecule has 0 radical (unpaired) electrons. The van der Waals surface area contributed by atoms with Gasteiger partial charge in [0.15, 0.2) is 5.78 Å². The molecule has 0 saturated carbocycles. The van der Waals surface area contributed by atoms with Crippen molar-refractivity contribution in [3.63, 3.8) is 0 Å². The SMILES string of the molecule is Nc1ccc2c3c(c(C(=O)O)sc13)C(N)C(=O)C2(N)c1ccc(Oc2ccccc2)cc1. The Bertz CT molecular complexity index is 1380. The summed E-state index contributed by atoms with van der Waals surface area (Å²) < 4.78 is 6.40. The molecule has 0 saturated heterocycles. The zero-order valence-electron chi connectivity index (χ0n) is 16.7. The van der Waals surface area contributed by atoms with Gasteiger partial charge in [-0.05, 0) is 41.5 Å². The highest BCUT2D eigenvalue weighted by atomic mass is 32.1. The Morgan fingerprint density at radius 2 is 1.66 bits per heavy atom. The quantitative estimate of drug-likeness (QED) is 0.350. The van der Waals surface area contributed by atoms with Gasteiger partial charge in [-0.2, -0.15) is 0 Å². The normalized spacial score (nSPS) is 19.8. The van der Waals surface area contributed by atoms with Crippen molar-refractivity contribution in [3.05, 3.63) is 88.3 Å². The molecule has 8 heteroatoms. The summed E-state index contributed by atoms with van der Waals surface area (Å²) >= 11 is 1.01. The van der Waals surface area contributed by atoms with Gasteiger partial charge in [0, 0.05) is 16.6 Å². The van der Waals surface area contributed by atoms with Gasteiger partial charge in [0.2, 0.25) is 0 Å². The summed E-state index contributed by atoms with van der Waals surface area (Å²) in [4.78, 5) is 25.3. The number of carboxylic acid groups (broad SMARTS) is 1. The molecule has 1 aliphatic rings. The third-order valence-electron chi connectivity index (χ3n) is 5.80. The summed E-state index contributed by atoms with van der Waals surface area (Å²) in [6, 6.07) is 18.4. The fraction of sp³-hybridized carbons (Fsp3) is 0.0833. The number of rotatable bonds is 4. The van der Waals surface area contributed by atoms with Gasteiger partial charge in [0.05, 0.1) is 10.7 Å². The molecule has 0 aliphatic heterocycles. The summed E-state index contributed by atoms with van der Waals surface area (Å²) in [5.41, 5.74) is 19.3. The van der Waals surface area contributed by atoms with Crippen LogP contribution in [0.5, 0.6) is 11.5 Å². The molecule has 0 fully saturated rings. The van der Waals surface area contributed by atoms with Crippen molar-refractivity contribution >= 4 is 38.9 Å². The number of carbonyl (C=O) groups excluding carboxylic acids is 1. The number of para-hydroxylation sites is 1. The molecule has 5 rings (SSSR count). The van der Waals surface area contributed by atoms with Gasteiger partial charge in [-0.1, -0.05) is 36.4 Å². The summed E-state index contributed by atoms with van der Waals surface area (Å²) in [6.45, 7) is 0. The Morgan fingerprint density at radius 3 is 2.31 bits per heavy atom. The lowest BCUT2D eigenvalue weighted by Gasteiger charge is -2.36. The molecule has 2 atom stereocenters. The molecule has 3 aromatic carbocycles. The van der Waals surface area contributed by atoms with E-state index in [1.54, 1.807) is 36.4 Å². The van der Waals surface area contributed by atoms with E-state index in [0.717, 1.165) is 11.3 Å². The number of hydrogen-bond donors (Lipinski definition) is 4. The van der Waals surface area contributed by atoms with Gasteiger partial charge in [0.25, 0.3) is 0 Å². The monoisotopic (exact) mass is 445 g/mol. The van der Waals surface area contributed by atoms with Gasteiger partial charge in [-0.15, -0.1) is 11.3 Å². The fourth-order valence-electron chi connectivity index (χ4n) is 4.25. The van der Waals surface area contributed by atoms with E-state index in [0.29, 0.717) is 38.4 Å². The van der Waals surface area contributed by atoms with Crippen LogP contribution < -0.4 is 21.9 Å². The zero-order chi connectivity index (χ0) is 22.6. The molecule has 4 aromatic rings. The van der Waals surface area contributed by atoms with Gasteiger partial charge in [0.1, 0.15) is 21.9 Å². The van der Waals surface area contributed by atoms with Crippen LogP contribution in [0.4, 0.5) is 5.69 Å². The van der Waals surface area contributed by atoms with Crippen LogP contribution in [0, 0.1) is 0 Å². The van der Waals surface area contributed by atoms with Crippen LogP contribution >= 0.6 is 11.3 Å². The first-order chi connectivity index (χ1) is 15.3. The third kappa shape index (κ3) is 2.81.